The van der Waals surface area contributed by atoms with Gasteiger partial charge in [-0.1, -0.05) is 49.4 Å². The summed E-state index contributed by atoms with van der Waals surface area (Å²) < 4.78 is 0. The molecule has 3 rings (SSSR count). The van der Waals surface area contributed by atoms with E-state index in [1.54, 1.807) is 0 Å². The zero-order valence-corrected chi connectivity index (χ0v) is 13.2. The van der Waals surface area contributed by atoms with E-state index in [0.717, 1.165) is 28.1 Å². The first-order valence-electron chi connectivity index (χ1n) is 7.31. The number of benzene rings is 2. The van der Waals surface area contributed by atoms with Gasteiger partial charge in [-0.05, 0) is 41.1 Å². The fourth-order valence-electron chi connectivity index (χ4n) is 2.34. The predicted octanol–water partition coefficient (Wildman–Crippen LogP) is 5.23. The number of aryl methyl sites for hydroxylation is 1. The molecule has 3 heteroatoms. The van der Waals surface area contributed by atoms with Crippen LogP contribution in [0.5, 0.6) is 0 Å². The number of thiophene rings is 1. The highest BCUT2D eigenvalue weighted by Gasteiger charge is 2.14. The lowest BCUT2D eigenvalue weighted by molar-refractivity contribution is 0.103. The maximum absolute atomic E-state index is 12.5. The van der Waals surface area contributed by atoms with Crippen molar-refractivity contribution in [2.75, 3.05) is 5.32 Å². The summed E-state index contributed by atoms with van der Waals surface area (Å²) in [4.78, 5) is 13.3. The van der Waals surface area contributed by atoms with Crippen molar-refractivity contribution >= 4 is 22.9 Å². The first-order valence-corrected chi connectivity index (χ1v) is 8.19. The van der Waals surface area contributed by atoms with Gasteiger partial charge in [-0.15, -0.1) is 11.3 Å². The zero-order valence-electron chi connectivity index (χ0n) is 12.4. The predicted molar refractivity (Wildman–Crippen MR) is 93.5 cm³/mol. The Morgan fingerprint density at radius 2 is 1.73 bits per heavy atom. The molecule has 0 spiro atoms. The minimum atomic E-state index is -0.0573. The third-order valence-corrected chi connectivity index (χ3v) is 4.49. The Kier molecular flexibility index (Phi) is 4.35. The lowest BCUT2D eigenvalue weighted by Crippen LogP contribution is -2.11. The van der Waals surface area contributed by atoms with E-state index in [1.165, 1.54) is 16.9 Å². The van der Waals surface area contributed by atoms with Crippen LogP contribution in [0.1, 0.15) is 22.2 Å². The number of nitrogens with one attached hydrogen (secondary N) is 1. The first-order chi connectivity index (χ1) is 10.8. The molecule has 3 aromatic rings. The van der Waals surface area contributed by atoms with Crippen LogP contribution in [0.3, 0.4) is 0 Å². The molecule has 0 radical (unpaired) electrons. The van der Waals surface area contributed by atoms with Crippen molar-refractivity contribution in [3.05, 3.63) is 76.5 Å². The fourth-order valence-corrected chi connectivity index (χ4v) is 3.15. The van der Waals surface area contributed by atoms with Gasteiger partial charge in [0.1, 0.15) is 0 Å². The van der Waals surface area contributed by atoms with Gasteiger partial charge in [-0.3, -0.25) is 4.79 Å². The average Bonchev–Trinajstić information content (AvgIpc) is 3.06. The molecule has 0 aliphatic carbocycles. The number of anilines is 1. The summed E-state index contributed by atoms with van der Waals surface area (Å²) in [6.07, 6.45) is 0.997. The van der Waals surface area contributed by atoms with E-state index < -0.39 is 0 Å². The van der Waals surface area contributed by atoms with Crippen LogP contribution in [0, 0.1) is 0 Å². The number of amides is 1. The molecule has 0 aliphatic rings. The highest BCUT2D eigenvalue weighted by atomic mass is 32.1. The third kappa shape index (κ3) is 3.10. The first kappa shape index (κ1) is 14.5. The van der Waals surface area contributed by atoms with Gasteiger partial charge in [0.15, 0.2) is 0 Å². The highest BCUT2D eigenvalue weighted by molar-refractivity contribution is 7.12. The van der Waals surface area contributed by atoms with E-state index in [1.807, 2.05) is 66.0 Å². The molecule has 0 atom stereocenters. The van der Waals surface area contributed by atoms with Gasteiger partial charge in [0.2, 0.25) is 0 Å². The van der Waals surface area contributed by atoms with Crippen molar-refractivity contribution in [1.29, 1.82) is 0 Å². The minimum Gasteiger partial charge on any atom is -0.321 e. The van der Waals surface area contributed by atoms with Gasteiger partial charge < -0.3 is 5.32 Å². The molecule has 0 aliphatic heterocycles. The van der Waals surface area contributed by atoms with Crippen LogP contribution in [-0.4, -0.2) is 5.91 Å². The van der Waals surface area contributed by atoms with Gasteiger partial charge in [-0.2, -0.15) is 0 Å². The maximum Gasteiger partial charge on any atom is 0.266 e. The SMILES string of the molecule is CCc1ccc(NC(=O)c2sccc2-c2ccccc2)cc1. The number of hydrogen-bond acceptors (Lipinski definition) is 2. The van der Waals surface area contributed by atoms with E-state index in [0.29, 0.717) is 0 Å². The smallest absolute Gasteiger partial charge is 0.266 e. The lowest BCUT2D eigenvalue weighted by Gasteiger charge is -2.07. The molecule has 2 aromatic carbocycles. The second-order valence-electron chi connectivity index (χ2n) is 5.03. The van der Waals surface area contributed by atoms with Crippen molar-refractivity contribution < 1.29 is 4.79 Å². The standard InChI is InChI=1S/C19H17NOS/c1-2-14-8-10-16(11-9-14)20-19(21)18-17(12-13-22-18)15-6-4-3-5-7-15/h3-13H,2H2,1H3,(H,20,21). The Hall–Kier alpha value is -2.39. The number of carbonyl (C=O) groups is 1. The monoisotopic (exact) mass is 307 g/mol. The van der Waals surface area contributed by atoms with Crippen LogP contribution in [0.4, 0.5) is 5.69 Å². The lowest BCUT2D eigenvalue weighted by atomic mass is 10.1. The Balaban J connectivity index is 1.82. The van der Waals surface area contributed by atoms with Crippen LogP contribution < -0.4 is 5.32 Å². The molecule has 0 saturated carbocycles. The molecular weight excluding hydrogens is 290 g/mol. The summed E-state index contributed by atoms with van der Waals surface area (Å²) in [5.74, 6) is -0.0573. The molecule has 110 valence electrons. The Labute approximate surface area is 134 Å². The van der Waals surface area contributed by atoms with Gasteiger partial charge in [0.25, 0.3) is 5.91 Å². The maximum atomic E-state index is 12.5. The van der Waals surface area contributed by atoms with E-state index in [4.69, 9.17) is 0 Å². The van der Waals surface area contributed by atoms with Gasteiger partial charge in [-0.25, -0.2) is 0 Å². The van der Waals surface area contributed by atoms with Crippen molar-refractivity contribution in [1.82, 2.24) is 0 Å². The van der Waals surface area contributed by atoms with Crippen molar-refractivity contribution in [2.45, 2.75) is 13.3 Å². The third-order valence-electron chi connectivity index (χ3n) is 3.58. The zero-order chi connectivity index (χ0) is 15.4. The van der Waals surface area contributed by atoms with Gasteiger partial charge in [0, 0.05) is 11.3 Å². The molecule has 1 N–H and O–H groups in total. The molecule has 1 aromatic heterocycles. The van der Waals surface area contributed by atoms with Crippen molar-refractivity contribution in [3.8, 4) is 11.1 Å². The number of carbonyl (C=O) groups excluding carboxylic acids is 1. The van der Waals surface area contributed by atoms with E-state index in [-0.39, 0.29) is 5.91 Å². The van der Waals surface area contributed by atoms with E-state index in [9.17, 15) is 4.79 Å². The summed E-state index contributed by atoms with van der Waals surface area (Å²) in [5.41, 5.74) is 4.14. The summed E-state index contributed by atoms with van der Waals surface area (Å²) in [7, 11) is 0. The summed E-state index contributed by atoms with van der Waals surface area (Å²) in [6.45, 7) is 2.12. The molecule has 1 heterocycles. The van der Waals surface area contributed by atoms with Crippen molar-refractivity contribution in [2.24, 2.45) is 0 Å². The molecule has 0 bridgehead atoms. The van der Waals surface area contributed by atoms with E-state index in [2.05, 4.69) is 12.2 Å². The molecule has 22 heavy (non-hydrogen) atoms. The number of rotatable bonds is 4. The van der Waals surface area contributed by atoms with Gasteiger partial charge in [0.05, 0.1) is 4.88 Å². The molecular formula is C19H17NOS. The molecule has 1 amide bonds. The Morgan fingerprint density at radius 1 is 1.00 bits per heavy atom. The van der Waals surface area contributed by atoms with Crippen molar-refractivity contribution in [3.63, 3.8) is 0 Å². The molecule has 0 fully saturated rings. The van der Waals surface area contributed by atoms with E-state index >= 15 is 0 Å². The summed E-state index contributed by atoms with van der Waals surface area (Å²) in [5, 5.41) is 4.93. The quantitative estimate of drug-likeness (QED) is 0.702. The molecule has 0 saturated heterocycles. The largest absolute Gasteiger partial charge is 0.321 e. The molecule has 0 unspecified atom stereocenters. The second-order valence-corrected chi connectivity index (χ2v) is 5.95. The normalized spacial score (nSPS) is 10.4. The topological polar surface area (TPSA) is 29.1 Å². The summed E-state index contributed by atoms with van der Waals surface area (Å²) in [6, 6.07) is 20.0. The van der Waals surface area contributed by atoms with Crippen LogP contribution in [0.15, 0.2) is 66.0 Å². The molecule has 2 nitrogen and oxygen atoms in total. The van der Waals surface area contributed by atoms with Crippen LogP contribution in [0.25, 0.3) is 11.1 Å². The van der Waals surface area contributed by atoms with Crippen LogP contribution in [0.2, 0.25) is 0 Å². The number of hydrogen-bond donors (Lipinski definition) is 1. The van der Waals surface area contributed by atoms with Crippen LogP contribution >= 0.6 is 11.3 Å². The minimum absolute atomic E-state index is 0.0573. The highest BCUT2D eigenvalue weighted by Crippen LogP contribution is 2.28. The summed E-state index contributed by atoms with van der Waals surface area (Å²) >= 11 is 1.47. The second kappa shape index (κ2) is 6.58. The fraction of sp³-hybridized carbons (Fsp3) is 0.105. The van der Waals surface area contributed by atoms with Crippen LogP contribution in [-0.2, 0) is 6.42 Å². The van der Waals surface area contributed by atoms with Gasteiger partial charge >= 0.3 is 0 Å². The Bertz CT molecular complexity index is 760. The average molecular weight is 307 g/mol. The Morgan fingerprint density at radius 3 is 2.41 bits per heavy atom.